The van der Waals surface area contributed by atoms with E-state index in [9.17, 15) is 0 Å². The van der Waals surface area contributed by atoms with Gasteiger partial charge in [-0.1, -0.05) is 39.5 Å². The van der Waals surface area contributed by atoms with Crippen molar-refractivity contribution in [3.8, 4) is 0 Å². The monoisotopic (exact) mass is 274 g/mol. The molecule has 0 radical (unpaired) electrons. The third kappa shape index (κ3) is 4.57. The molecule has 20 heavy (non-hydrogen) atoms. The van der Waals surface area contributed by atoms with Crippen LogP contribution in [0.5, 0.6) is 0 Å². The van der Waals surface area contributed by atoms with Crippen molar-refractivity contribution in [2.75, 3.05) is 0 Å². The van der Waals surface area contributed by atoms with Crippen LogP contribution in [0, 0.1) is 5.92 Å². The Kier molecular flexibility index (Phi) is 6.49. The second-order valence-electron chi connectivity index (χ2n) is 6.40. The van der Waals surface area contributed by atoms with Crippen molar-refractivity contribution < 1.29 is 0 Å². The van der Waals surface area contributed by atoms with E-state index < -0.39 is 0 Å². The van der Waals surface area contributed by atoms with Crippen molar-refractivity contribution in [1.82, 2.24) is 9.97 Å². The molecule has 1 saturated carbocycles. The van der Waals surface area contributed by atoms with E-state index in [0.29, 0.717) is 5.92 Å². The molecule has 1 aliphatic rings. The topological polar surface area (TPSA) is 25.8 Å². The van der Waals surface area contributed by atoms with Crippen LogP contribution >= 0.6 is 0 Å². The number of hydrogen-bond donors (Lipinski definition) is 0. The molecule has 1 fully saturated rings. The summed E-state index contributed by atoms with van der Waals surface area (Å²) in [5, 5.41) is 0. The van der Waals surface area contributed by atoms with Crippen LogP contribution in [0.3, 0.4) is 0 Å². The minimum Gasteiger partial charge on any atom is -0.241 e. The molecule has 1 aromatic heterocycles. The maximum absolute atomic E-state index is 4.51. The maximum Gasteiger partial charge on any atom is 0.128 e. The predicted molar refractivity (Wildman–Crippen MR) is 84.9 cm³/mol. The van der Waals surface area contributed by atoms with Gasteiger partial charge in [0.15, 0.2) is 0 Å². The standard InChI is InChI=1S/C18H30N2/c1-3-5-6-8-15-9-11-16(12-10-15)17-13-19-18(7-4-2)20-14-17/h13-16H,3-12H2,1-2H3/t15-,16-. The molecule has 112 valence electrons. The second kappa shape index (κ2) is 8.39. The lowest BCUT2D eigenvalue weighted by Crippen LogP contribution is -2.14. The molecule has 0 unspecified atom stereocenters. The third-order valence-corrected chi connectivity index (χ3v) is 4.73. The Morgan fingerprint density at radius 3 is 2.25 bits per heavy atom. The van der Waals surface area contributed by atoms with Crippen LogP contribution in [0.25, 0.3) is 0 Å². The first-order chi connectivity index (χ1) is 9.83. The van der Waals surface area contributed by atoms with E-state index in [4.69, 9.17) is 0 Å². The summed E-state index contributed by atoms with van der Waals surface area (Å²) in [6.07, 6.45) is 17.4. The van der Waals surface area contributed by atoms with E-state index in [1.165, 1.54) is 56.9 Å². The molecule has 2 rings (SSSR count). The number of rotatable bonds is 7. The highest BCUT2D eigenvalue weighted by Crippen LogP contribution is 2.37. The Hall–Kier alpha value is -0.920. The molecule has 0 spiro atoms. The van der Waals surface area contributed by atoms with Gasteiger partial charge in [-0.25, -0.2) is 9.97 Å². The molecule has 2 nitrogen and oxygen atoms in total. The van der Waals surface area contributed by atoms with E-state index in [1.54, 1.807) is 0 Å². The Bertz CT molecular complexity index is 364. The second-order valence-corrected chi connectivity index (χ2v) is 6.40. The fourth-order valence-corrected chi connectivity index (χ4v) is 3.40. The van der Waals surface area contributed by atoms with Crippen molar-refractivity contribution in [2.24, 2.45) is 5.92 Å². The van der Waals surface area contributed by atoms with E-state index in [-0.39, 0.29) is 0 Å². The molecule has 0 N–H and O–H groups in total. The fraction of sp³-hybridized carbons (Fsp3) is 0.778. The zero-order valence-corrected chi connectivity index (χ0v) is 13.3. The highest BCUT2D eigenvalue weighted by atomic mass is 14.9. The van der Waals surface area contributed by atoms with Crippen LogP contribution in [-0.4, -0.2) is 9.97 Å². The van der Waals surface area contributed by atoms with Crippen molar-refractivity contribution in [3.05, 3.63) is 23.8 Å². The average Bonchev–Trinajstić information content (AvgIpc) is 2.49. The lowest BCUT2D eigenvalue weighted by atomic mass is 9.77. The Balaban J connectivity index is 1.78. The summed E-state index contributed by atoms with van der Waals surface area (Å²) < 4.78 is 0. The molecule has 1 aliphatic carbocycles. The smallest absolute Gasteiger partial charge is 0.128 e. The first-order valence-electron chi connectivity index (χ1n) is 8.64. The lowest BCUT2D eigenvalue weighted by Gasteiger charge is -2.28. The SMILES string of the molecule is CCCCC[C@H]1CC[C@H](c2cnc(CCC)nc2)CC1. The van der Waals surface area contributed by atoms with Gasteiger partial charge in [-0.15, -0.1) is 0 Å². The van der Waals surface area contributed by atoms with Crippen molar-refractivity contribution in [2.45, 2.75) is 84.0 Å². The lowest BCUT2D eigenvalue weighted by molar-refractivity contribution is 0.302. The van der Waals surface area contributed by atoms with Gasteiger partial charge in [-0.3, -0.25) is 0 Å². The molecule has 0 aliphatic heterocycles. The van der Waals surface area contributed by atoms with Gasteiger partial charge in [0.25, 0.3) is 0 Å². The predicted octanol–water partition coefficient (Wildman–Crippen LogP) is 5.28. The van der Waals surface area contributed by atoms with Gasteiger partial charge in [-0.05, 0) is 49.5 Å². The Morgan fingerprint density at radius 1 is 0.950 bits per heavy atom. The summed E-state index contributed by atoms with van der Waals surface area (Å²) >= 11 is 0. The van der Waals surface area contributed by atoms with Gasteiger partial charge in [0, 0.05) is 18.8 Å². The minimum atomic E-state index is 0.716. The first-order valence-corrected chi connectivity index (χ1v) is 8.64. The fourth-order valence-electron chi connectivity index (χ4n) is 3.40. The Labute approximate surface area is 124 Å². The number of aryl methyl sites for hydroxylation is 1. The van der Waals surface area contributed by atoms with E-state index in [0.717, 1.165) is 24.6 Å². The van der Waals surface area contributed by atoms with Crippen molar-refractivity contribution in [3.63, 3.8) is 0 Å². The first kappa shape index (κ1) is 15.5. The van der Waals surface area contributed by atoms with Gasteiger partial charge in [0.2, 0.25) is 0 Å². The molecule has 0 saturated heterocycles. The quantitative estimate of drug-likeness (QED) is 0.632. The number of hydrogen-bond acceptors (Lipinski definition) is 2. The van der Waals surface area contributed by atoms with Gasteiger partial charge < -0.3 is 0 Å². The van der Waals surface area contributed by atoms with Crippen molar-refractivity contribution in [1.29, 1.82) is 0 Å². The zero-order chi connectivity index (χ0) is 14.2. The molecular weight excluding hydrogens is 244 g/mol. The molecule has 0 bridgehead atoms. The average molecular weight is 274 g/mol. The van der Waals surface area contributed by atoms with Crippen LogP contribution in [0.15, 0.2) is 12.4 Å². The highest BCUT2D eigenvalue weighted by molar-refractivity contribution is 5.12. The molecule has 0 aromatic carbocycles. The summed E-state index contributed by atoms with van der Waals surface area (Å²) in [5.74, 6) is 2.70. The third-order valence-electron chi connectivity index (χ3n) is 4.73. The highest BCUT2D eigenvalue weighted by Gasteiger charge is 2.22. The van der Waals surface area contributed by atoms with Gasteiger partial charge in [0.1, 0.15) is 5.82 Å². The number of unbranched alkanes of at least 4 members (excludes halogenated alkanes) is 2. The number of aromatic nitrogens is 2. The van der Waals surface area contributed by atoms with E-state index >= 15 is 0 Å². The molecule has 0 amide bonds. The Morgan fingerprint density at radius 2 is 1.65 bits per heavy atom. The van der Waals surface area contributed by atoms with Gasteiger partial charge >= 0.3 is 0 Å². The largest absolute Gasteiger partial charge is 0.241 e. The molecule has 2 heteroatoms. The van der Waals surface area contributed by atoms with E-state index in [2.05, 4.69) is 36.2 Å². The normalized spacial score (nSPS) is 22.9. The summed E-state index contributed by atoms with van der Waals surface area (Å²) in [5.41, 5.74) is 1.37. The maximum atomic E-state index is 4.51. The van der Waals surface area contributed by atoms with Crippen LogP contribution < -0.4 is 0 Å². The van der Waals surface area contributed by atoms with E-state index in [1.807, 2.05) is 0 Å². The van der Waals surface area contributed by atoms with Crippen molar-refractivity contribution >= 4 is 0 Å². The molecule has 0 atom stereocenters. The minimum absolute atomic E-state index is 0.716. The molecule has 1 aromatic rings. The van der Waals surface area contributed by atoms with Crippen LogP contribution in [-0.2, 0) is 6.42 Å². The van der Waals surface area contributed by atoms with Crippen LogP contribution in [0.2, 0.25) is 0 Å². The summed E-state index contributed by atoms with van der Waals surface area (Å²) in [6.45, 7) is 4.47. The summed E-state index contributed by atoms with van der Waals surface area (Å²) in [7, 11) is 0. The molecular formula is C18H30N2. The van der Waals surface area contributed by atoms with Crippen LogP contribution in [0.1, 0.15) is 88.9 Å². The molecule has 1 heterocycles. The summed E-state index contributed by atoms with van der Waals surface area (Å²) in [4.78, 5) is 9.02. The van der Waals surface area contributed by atoms with Gasteiger partial charge in [-0.2, -0.15) is 0 Å². The number of nitrogens with zero attached hydrogens (tertiary/aromatic N) is 2. The van der Waals surface area contributed by atoms with Crippen LogP contribution in [0.4, 0.5) is 0 Å². The zero-order valence-electron chi connectivity index (χ0n) is 13.3. The van der Waals surface area contributed by atoms with Gasteiger partial charge in [0.05, 0.1) is 0 Å². The summed E-state index contributed by atoms with van der Waals surface area (Å²) in [6, 6.07) is 0.